The van der Waals surface area contributed by atoms with Crippen molar-refractivity contribution in [2.24, 2.45) is 0 Å². The summed E-state index contributed by atoms with van der Waals surface area (Å²) >= 11 is 6.03. The number of carbonyl (C=O) groups is 1. The van der Waals surface area contributed by atoms with Gasteiger partial charge in [-0.25, -0.2) is 0 Å². The summed E-state index contributed by atoms with van der Waals surface area (Å²) in [6.45, 7) is 5.98. The predicted molar refractivity (Wildman–Crippen MR) is 84.0 cm³/mol. The quantitative estimate of drug-likeness (QED) is 0.769. The van der Waals surface area contributed by atoms with Gasteiger partial charge < -0.3 is 20.4 Å². The second-order valence-corrected chi connectivity index (χ2v) is 5.79. The van der Waals surface area contributed by atoms with E-state index in [4.69, 9.17) is 21.6 Å². The number of aromatic amines is 1. The van der Waals surface area contributed by atoms with Crippen LogP contribution in [0.4, 0.5) is 0 Å². The molecule has 2 atom stereocenters. The number of nitrogens with one attached hydrogen (secondary N) is 3. The van der Waals surface area contributed by atoms with Crippen LogP contribution >= 0.6 is 11.6 Å². The van der Waals surface area contributed by atoms with E-state index in [1.54, 1.807) is 6.92 Å². The van der Waals surface area contributed by atoms with Gasteiger partial charge in [-0.1, -0.05) is 18.5 Å². The van der Waals surface area contributed by atoms with Crippen molar-refractivity contribution in [3.05, 3.63) is 22.0 Å². The Balaban J connectivity index is 2.10. The fraction of sp³-hybridized carbons (Fsp3) is 0.600. The number of ether oxygens (including phenoxy) is 1. The summed E-state index contributed by atoms with van der Waals surface area (Å²) in [7, 11) is 0. The zero-order chi connectivity index (χ0) is 16.1. The third-order valence-electron chi connectivity index (χ3n) is 3.73. The predicted octanol–water partition coefficient (Wildman–Crippen LogP) is 1.74. The van der Waals surface area contributed by atoms with Gasteiger partial charge in [-0.3, -0.25) is 4.79 Å². The standard InChI is InChI=1S/C15H21ClN4O2/c1-3-6-22-12-8-18-5-4-11(12)20-15(21)14-10(7-17)13(16)9(2)19-14/h11-12,18-19H,3-6,8H2,1-2H3,(H,20,21)/t11-,12+/m1/s1. The van der Waals surface area contributed by atoms with Crippen LogP contribution in [-0.2, 0) is 4.74 Å². The van der Waals surface area contributed by atoms with Gasteiger partial charge in [0.1, 0.15) is 17.3 Å². The zero-order valence-corrected chi connectivity index (χ0v) is 13.6. The van der Waals surface area contributed by atoms with E-state index in [1.807, 2.05) is 13.0 Å². The molecule has 0 aliphatic carbocycles. The summed E-state index contributed by atoms with van der Waals surface area (Å²) in [6.07, 6.45) is 1.66. The topological polar surface area (TPSA) is 89.9 Å². The van der Waals surface area contributed by atoms with Crippen molar-refractivity contribution in [3.8, 4) is 6.07 Å². The van der Waals surface area contributed by atoms with Crippen LogP contribution in [0.3, 0.4) is 0 Å². The van der Waals surface area contributed by atoms with E-state index in [-0.39, 0.29) is 29.3 Å². The summed E-state index contributed by atoms with van der Waals surface area (Å²) in [5, 5.41) is 15.7. The Hall–Kier alpha value is -1.55. The number of nitrogens with zero attached hydrogens (tertiary/aromatic N) is 1. The number of rotatable bonds is 5. The van der Waals surface area contributed by atoms with Gasteiger partial charge in [0.05, 0.1) is 17.2 Å². The molecule has 120 valence electrons. The summed E-state index contributed by atoms with van der Waals surface area (Å²) in [5.74, 6) is -0.316. The molecule has 2 heterocycles. The number of carbonyl (C=O) groups excluding carboxylic acids is 1. The highest BCUT2D eigenvalue weighted by molar-refractivity contribution is 6.33. The zero-order valence-electron chi connectivity index (χ0n) is 12.8. The first kappa shape index (κ1) is 16.8. The van der Waals surface area contributed by atoms with Gasteiger partial charge in [-0.05, 0) is 26.3 Å². The third kappa shape index (κ3) is 3.61. The van der Waals surface area contributed by atoms with Crippen molar-refractivity contribution < 1.29 is 9.53 Å². The Kier molecular flexibility index (Phi) is 5.83. The molecule has 0 aromatic carbocycles. The highest BCUT2D eigenvalue weighted by Crippen LogP contribution is 2.23. The molecule has 1 amide bonds. The van der Waals surface area contributed by atoms with E-state index >= 15 is 0 Å². The average molecular weight is 325 g/mol. The first-order valence-electron chi connectivity index (χ1n) is 7.49. The van der Waals surface area contributed by atoms with Crippen LogP contribution in [0.25, 0.3) is 0 Å². The van der Waals surface area contributed by atoms with Crippen molar-refractivity contribution in [1.29, 1.82) is 5.26 Å². The van der Waals surface area contributed by atoms with Gasteiger partial charge >= 0.3 is 0 Å². The Labute approximate surface area is 135 Å². The first-order chi connectivity index (χ1) is 10.6. The molecule has 2 rings (SSSR count). The molecule has 7 heteroatoms. The summed E-state index contributed by atoms with van der Waals surface area (Å²) < 4.78 is 5.79. The van der Waals surface area contributed by atoms with Crippen LogP contribution in [0.15, 0.2) is 0 Å². The number of halogens is 1. The number of piperidine rings is 1. The lowest BCUT2D eigenvalue weighted by atomic mass is 10.0. The molecule has 1 fully saturated rings. The van der Waals surface area contributed by atoms with Crippen molar-refractivity contribution in [2.45, 2.75) is 38.8 Å². The second kappa shape index (κ2) is 7.63. The van der Waals surface area contributed by atoms with Crippen LogP contribution < -0.4 is 10.6 Å². The molecule has 1 aromatic heterocycles. The molecule has 0 saturated carbocycles. The molecule has 0 bridgehead atoms. The molecular weight excluding hydrogens is 304 g/mol. The number of H-pyrrole nitrogens is 1. The van der Waals surface area contributed by atoms with Gasteiger partial charge in [-0.15, -0.1) is 0 Å². The number of amides is 1. The van der Waals surface area contributed by atoms with E-state index in [1.165, 1.54) is 0 Å². The van der Waals surface area contributed by atoms with E-state index in [0.29, 0.717) is 23.9 Å². The number of hydrogen-bond acceptors (Lipinski definition) is 4. The number of hydrogen-bond donors (Lipinski definition) is 3. The van der Waals surface area contributed by atoms with Crippen LogP contribution in [-0.4, -0.2) is 42.7 Å². The molecular formula is C15H21ClN4O2. The van der Waals surface area contributed by atoms with E-state index in [2.05, 4.69) is 15.6 Å². The first-order valence-corrected chi connectivity index (χ1v) is 7.87. The molecule has 1 aliphatic heterocycles. The summed E-state index contributed by atoms with van der Waals surface area (Å²) in [6, 6.07) is 1.91. The fourth-order valence-electron chi connectivity index (χ4n) is 2.56. The Morgan fingerprint density at radius 2 is 2.36 bits per heavy atom. The van der Waals surface area contributed by atoms with Gasteiger partial charge in [-0.2, -0.15) is 5.26 Å². The van der Waals surface area contributed by atoms with Crippen molar-refractivity contribution in [2.75, 3.05) is 19.7 Å². The minimum Gasteiger partial charge on any atom is -0.375 e. The molecule has 1 saturated heterocycles. The van der Waals surface area contributed by atoms with Gasteiger partial charge in [0.2, 0.25) is 0 Å². The van der Waals surface area contributed by atoms with Crippen LogP contribution in [0.2, 0.25) is 5.02 Å². The molecule has 6 nitrogen and oxygen atoms in total. The Morgan fingerprint density at radius 3 is 3.05 bits per heavy atom. The largest absolute Gasteiger partial charge is 0.375 e. The normalized spacial score (nSPS) is 21.4. The maximum atomic E-state index is 12.4. The molecule has 0 spiro atoms. The monoisotopic (exact) mass is 324 g/mol. The smallest absolute Gasteiger partial charge is 0.269 e. The average Bonchev–Trinajstić information content (AvgIpc) is 2.81. The lowest BCUT2D eigenvalue weighted by molar-refractivity contribution is 0.0142. The minimum atomic E-state index is -0.316. The van der Waals surface area contributed by atoms with E-state index in [0.717, 1.165) is 19.4 Å². The Bertz CT molecular complexity index is 579. The fourth-order valence-corrected chi connectivity index (χ4v) is 2.74. The summed E-state index contributed by atoms with van der Waals surface area (Å²) in [4.78, 5) is 15.3. The Morgan fingerprint density at radius 1 is 1.59 bits per heavy atom. The van der Waals surface area contributed by atoms with Crippen molar-refractivity contribution in [3.63, 3.8) is 0 Å². The maximum Gasteiger partial charge on any atom is 0.269 e. The van der Waals surface area contributed by atoms with Crippen molar-refractivity contribution >= 4 is 17.5 Å². The molecule has 0 radical (unpaired) electrons. The number of aryl methyl sites for hydroxylation is 1. The molecule has 22 heavy (non-hydrogen) atoms. The lowest BCUT2D eigenvalue weighted by Gasteiger charge is -2.32. The van der Waals surface area contributed by atoms with Gasteiger partial charge in [0.25, 0.3) is 5.91 Å². The molecule has 1 aromatic rings. The van der Waals surface area contributed by atoms with Crippen molar-refractivity contribution in [1.82, 2.24) is 15.6 Å². The van der Waals surface area contributed by atoms with Crippen LogP contribution in [0.1, 0.15) is 41.5 Å². The minimum absolute atomic E-state index is 0.0604. The molecule has 1 aliphatic rings. The highest BCUT2D eigenvalue weighted by Gasteiger charge is 2.29. The highest BCUT2D eigenvalue weighted by atomic mass is 35.5. The van der Waals surface area contributed by atoms with E-state index < -0.39 is 0 Å². The van der Waals surface area contributed by atoms with Gasteiger partial charge in [0.15, 0.2) is 0 Å². The lowest BCUT2D eigenvalue weighted by Crippen LogP contribution is -2.54. The molecule has 0 unspecified atom stereocenters. The number of nitriles is 1. The van der Waals surface area contributed by atoms with Crippen LogP contribution in [0.5, 0.6) is 0 Å². The van der Waals surface area contributed by atoms with Crippen LogP contribution in [0, 0.1) is 18.3 Å². The summed E-state index contributed by atoms with van der Waals surface area (Å²) in [5.41, 5.74) is 1.03. The molecule has 3 N–H and O–H groups in total. The van der Waals surface area contributed by atoms with E-state index in [9.17, 15) is 4.79 Å². The van der Waals surface area contributed by atoms with Gasteiger partial charge in [0, 0.05) is 18.8 Å². The second-order valence-electron chi connectivity index (χ2n) is 5.41. The number of aromatic nitrogens is 1. The SMILES string of the molecule is CCCO[C@H]1CNCC[C@H]1NC(=O)c1[nH]c(C)c(Cl)c1C#N. The maximum absolute atomic E-state index is 12.4. The third-order valence-corrected chi connectivity index (χ3v) is 4.20.